The van der Waals surface area contributed by atoms with Crippen molar-refractivity contribution >= 4 is 102 Å². The second kappa shape index (κ2) is 25.0. The van der Waals surface area contributed by atoms with Crippen LogP contribution in [0.15, 0.2) is 143 Å². The van der Waals surface area contributed by atoms with Crippen LogP contribution in [-0.4, -0.2) is 88.2 Å². The summed E-state index contributed by atoms with van der Waals surface area (Å²) in [7, 11) is -3.30. The van der Waals surface area contributed by atoms with Crippen molar-refractivity contribution in [2.75, 3.05) is 32.4 Å². The van der Waals surface area contributed by atoms with E-state index in [1.807, 2.05) is 60.7 Å². The van der Waals surface area contributed by atoms with Crippen LogP contribution in [0.3, 0.4) is 0 Å². The van der Waals surface area contributed by atoms with Gasteiger partial charge in [-0.3, -0.25) is 32.7 Å². The van der Waals surface area contributed by atoms with E-state index in [4.69, 9.17) is 78.5 Å². The van der Waals surface area contributed by atoms with E-state index in [9.17, 15) is 23.1 Å². The molecule has 0 unspecified atom stereocenters. The molecule has 0 spiro atoms. The van der Waals surface area contributed by atoms with E-state index in [0.29, 0.717) is 63.9 Å². The normalized spacial score (nSPS) is 15.1. The van der Waals surface area contributed by atoms with Gasteiger partial charge in [-0.1, -0.05) is 118 Å². The molecule has 416 valence electrons. The monoisotopic (exact) mass is 1200 g/mol. The Kier molecular flexibility index (Phi) is 19.0. The third-order valence-electron chi connectivity index (χ3n) is 14.0. The number of phenolic OH excluding ortho intramolecular Hbond substituents is 1. The van der Waals surface area contributed by atoms with Gasteiger partial charge >= 0.3 is 0 Å². The van der Waals surface area contributed by atoms with E-state index in [1.54, 1.807) is 59.2 Å². The van der Waals surface area contributed by atoms with Crippen LogP contribution < -0.4 is 15.9 Å². The maximum atomic E-state index is 13.3. The molecule has 8 aromatic rings. The number of hydrogen-bond acceptors (Lipinski definition) is 9. The first-order valence-electron chi connectivity index (χ1n) is 25.8. The van der Waals surface area contributed by atoms with Crippen LogP contribution in [0.4, 0.5) is 0 Å². The topological polar surface area (TPSA) is 123 Å². The Balaban J connectivity index is 0.000000171. The lowest BCUT2D eigenvalue weighted by atomic mass is 9.98. The Hall–Kier alpha value is -5.09. The highest BCUT2D eigenvalue weighted by Crippen LogP contribution is 2.41. The average molecular weight is 1210 g/mol. The number of likely N-dealkylation sites (tertiary alicyclic amines) is 2. The van der Waals surface area contributed by atoms with Gasteiger partial charge in [-0.15, -0.1) is 0 Å². The summed E-state index contributed by atoms with van der Waals surface area (Å²) in [5.74, 6) is 0.680. The summed E-state index contributed by atoms with van der Waals surface area (Å²) in [6, 6.07) is 38.8. The van der Waals surface area contributed by atoms with E-state index in [-0.39, 0.29) is 40.2 Å². The minimum absolute atomic E-state index is 0.0000502. The van der Waals surface area contributed by atoms with Gasteiger partial charge in [0.05, 0.1) is 54.9 Å². The van der Waals surface area contributed by atoms with E-state index >= 15 is 0 Å². The van der Waals surface area contributed by atoms with Crippen molar-refractivity contribution < 1.29 is 22.4 Å². The van der Waals surface area contributed by atoms with E-state index in [1.165, 1.54) is 22.8 Å². The number of aromatic hydroxyl groups is 1. The highest BCUT2D eigenvalue weighted by Gasteiger charge is 2.30. The number of halogens is 6. The molecular weight excluding hydrogens is 1150 g/mol. The maximum Gasteiger partial charge on any atom is 0.264 e. The predicted octanol–water partition coefficient (Wildman–Crippen LogP) is 15.8. The van der Waals surface area contributed by atoms with Crippen LogP contribution in [0, 0.1) is 0 Å². The standard InChI is InChI=1S/C30H29Cl3N2O2.C21H12Cl3NO2.C10H21NO3S/c1-30(2,3)34-15-13-19(14-16-34)37-20-17-23(21-7-4-5-8-24(21)31)22-11-12-28(36)35(27(22)18-20)29-25(32)9-6-10-26(29)33;22-16-5-2-1-4-13(16)15-10-12(26)11-19-14(15)8-9-20(27)25(19)21-17(23)6-3-7-18(21)24;1-10(2,3)11-7-5-9(6-8-11)14-15(4,12)13/h4-12,17-19H,13-16H2,1-3H3;1-11,26H;9H,5-8H2,1-4H3. The highest BCUT2D eigenvalue weighted by molar-refractivity contribution is 7.86. The number of ether oxygens (including phenoxy) is 1. The van der Waals surface area contributed by atoms with E-state index in [0.717, 1.165) is 85.6 Å². The Morgan fingerprint density at radius 2 is 0.861 bits per heavy atom. The first kappa shape index (κ1) is 60.0. The molecule has 2 aromatic heterocycles. The van der Waals surface area contributed by atoms with Crippen LogP contribution >= 0.6 is 69.6 Å². The zero-order valence-electron chi connectivity index (χ0n) is 44.9. The van der Waals surface area contributed by atoms with Crippen LogP contribution in [0.1, 0.15) is 67.2 Å². The number of para-hydroxylation sites is 2. The molecule has 2 aliphatic rings. The molecule has 4 heterocycles. The lowest BCUT2D eigenvalue weighted by Crippen LogP contribution is -2.48. The summed E-state index contributed by atoms with van der Waals surface area (Å²) < 4.78 is 36.4. The van der Waals surface area contributed by atoms with Gasteiger partial charge in [-0.2, -0.15) is 8.42 Å². The van der Waals surface area contributed by atoms with E-state index < -0.39 is 10.1 Å². The molecule has 0 bridgehead atoms. The number of benzene rings is 6. The van der Waals surface area contributed by atoms with Gasteiger partial charge in [-0.05, 0) is 139 Å². The molecule has 0 saturated carbocycles. The van der Waals surface area contributed by atoms with Crippen molar-refractivity contribution in [1.82, 2.24) is 18.9 Å². The Morgan fingerprint density at radius 3 is 1.27 bits per heavy atom. The van der Waals surface area contributed by atoms with Crippen LogP contribution in [0.5, 0.6) is 11.5 Å². The molecule has 0 atom stereocenters. The molecule has 0 aliphatic carbocycles. The van der Waals surface area contributed by atoms with E-state index in [2.05, 4.69) is 51.3 Å². The molecular formula is C61H62Cl6N4O7S. The predicted molar refractivity (Wildman–Crippen MR) is 327 cm³/mol. The largest absolute Gasteiger partial charge is 0.508 e. The Labute approximate surface area is 491 Å². The van der Waals surface area contributed by atoms with Crippen LogP contribution in [0.2, 0.25) is 30.1 Å². The second-order valence-electron chi connectivity index (χ2n) is 21.6. The molecule has 11 nitrogen and oxygen atoms in total. The van der Waals surface area contributed by atoms with Gasteiger partial charge in [0, 0.05) is 93.5 Å². The number of phenols is 1. The fourth-order valence-corrected chi connectivity index (χ4v) is 12.4. The van der Waals surface area contributed by atoms with Gasteiger partial charge < -0.3 is 9.84 Å². The molecule has 1 N–H and O–H groups in total. The minimum atomic E-state index is -3.30. The molecule has 6 aromatic carbocycles. The number of nitrogens with zero attached hydrogens (tertiary/aromatic N) is 4. The fraction of sp³-hybridized carbons (Fsp3) is 0.311. The number of aromatic nitrogens is 2. The molecule has 0 radical (unpaired) electrons. The molecule has 79 heavy (non-hydrogen) atoms. The van der Waals surface area contributed by atoms with Gasteiger partial charge in [0.2, 0.25) is 0 Å². The number of pyridine rings is 2. The third-order valence-corrected chi connectivity index (χ3v) is 16.5. The van der Waals surface area contributed by atoms with Gasteiger partial charge in [0.25, 0.3) is 21.2 Å². The van der Waals surface area contributed by atoms with Crippen molar-refractivity contribution in [1.29, 1.82) is 0 Å². The summed E-state index contributed by atoms with van der Waals surface area (Å²) in [5.41, 5.74) is 4.88. The summed E-state index contributed by atoms with van der Waals surface area (Å²) >= 11 is 38.8. The maximum absolute atomic E-state index is 13.3. The SMILES string of the molecule is CC(C)(C)N1CCC(OS(C)(=O)=O)CC1.CC(C)(C)N1CCC(Oc2cc(-c3ccccc3Cl)c3ccc(=O)n(-c4c(Cl)cccc4Cl)c3c2)CC1.O=c1ccc2c(-c3ccccc3Cl)cc(O)cc2n1-c1c(Cl)cccc1Cl. The zero-order chi connectivity index (χ0) is 57.1. The van der Waals surface area contributed by atoms with Gasteiger partial charge in [0.15, 0.2) is 0 Å². The van der Waals surface area contributed by atoms with Gasteiger partial charge in [0.1, 0.15) is 17.6 Å². The quantitative estimate of drug-likeness (QED) is 0.148. The number of rotatable bonds is 8. The van der Waals surface area contributed by atoms with Crippen molar-refractivity contribution in [3.63, 3.8) is 0 Å². The number of fused-ring (bicyclic) bond motifs is 2. The van der Waals surface area contributed by atoms with Crippen molar-refractivity contribution in [3.8, 4) is 45.1 Å². The molecule has 2 aliphatic heterocycles. The highest BCUT2D eigenvalue weighted by atomic mass is 35.5. The molecule has 10 rings (SSSR count). The average Bonchev–Trinajstić information content (AvgIpc) is 3.44. The lowest BCUT2D eigenvalue weighted by Gasteiger charge is -2.40. The summed E-state index contributed by atoms with van der Waals surface area (Å²) in [6.07, 6.45) is 4.50. The summed E-state index contributed by atoms with van der Waals surface area (Å²) in [4.78, 5) is 30.8. The number of piperidine rings is 2. The van der Waals surface area contributed by atoms with Crippen molar-refractivity contribution in [2.45, 2.75) is 90.5 Å². The minimum Gasteiger partial charge on any atom is -0.508 e. The van der Waals surface area contributed by atoms with Crippen LogP contribution in [-0.2, 0) is 14.3 Å². The van der Waals surface area contributed by atoms with Crippen molar-refractivity contribution in [2.24, 2.45) is 0 Å². The molecule has 2 fully saturated rings. The lowest BCUT2D eigenvalue weighted by molar-refractivity contribution is 0.0492. The van der Waals surface area contributed by atoms with Crippen molar-refractivity contribution in [3.05, 3.63) is 184 Å². The molecule has 0 amide bonds. The first-order chi connectivity index (χ1) is 37.3. The Morgan fingerprint density at radius 1 is 0.481 bits per heavy atom. The summed E-state index contributed by atoms with van der Waals surface area (Å²) in [6.45, 7) is 17.0. The molecule has 2 saturated heterocycles. The van der Waals surface area contributed by atoms with Gasteiger partial charge in [-0.25, -0.2) is 0 Å². The molecule has 18 heteroatoms. The fourth-order valence-electron chi connectivity index (χ4n) is 10.1. The zero-order valence-corrected chi connectivity index (χ0v) is 50.2. The number of hydrogen-bond donors (Lipinski definition) is 1. The van der Waals surface area contributed by atoms with Crippen LogP contribution in [0.25, 0.3) is 55.4 Å². The smallest absolute Gasteiger partial charge is 0.264 e. The first-order valence-corrected chi connectivity index (χ1v) is 29.9. The summed E-state index contributed by atoms with van der Waals surface area (Å²) in [5, 5.41) is 14.5. The third kappa shape index (κ3) is 14.3. The second-order valence-corrected chi connectivity index (χ2v) is 25.6. The Bertz CT molecular complexity index is 3730.